The van der Waals surface area contributed by atoms with Gasteiger partial charge in [-0.3, -0.25) is 0 Å². The first-order valence-electron chi connectivity index (χ1n) is 5.31. The second-order valence-corrected chi connectivity index (χ2v) is 6.95. The second-order valence-electron chi connectivity index (χ2n) is 4.15. The van der Waals surface area contributed by atoms with Gasteiger partial charge in [-0.2, -0.15) is 0 Å². The molecule has 0 unspecified atom stereocenters. The van der Waals surface area contributed by atoms with E-state index < -0.39 is 9.84 Å². The van der Waals surface area contributed by atoms with Gasteiger partial charge in [-0.1, -0.05) is 22.0 Å². The lowest BCUT2D eigenvalue weighted by molar-refractivity contribution is 0.442. The second kappa shape index (κ2) is 3.83. The summed E-state index contributed by atoms with van der Waals surface area (Å²) < 4.78 is 31.3. The molecule has 2 aromatic carbocycles. The van der Waals surface area contributed by atoms with Crippen LogP contribution in [0.3, 0.4) is 0 Å². The molecule has 92 valence electrons. The highest BCUT2D eigenvalue weighted by molar-refractivity contribution is 9.10. The summed E-state index contributed by atoms with van der Waals surface area (Å²) in [5.41, 5.74) is 0.961. The van der Waals surface area contributed by atoms with Crippen LogP contribution in [0.25, 0.3) is 0 Å². The Morgan fingerprint density at radius 1 is 1.00 bits per heavy atom. The average Bonchev–Trinajstić information content (AvgIpc) is 2.27. The van der Waals surface area contributed by atoms with Crippen molar-refractivity contribution in [3.63, 3.8) is 0 Å². The van der Waals surface area contributed by atoms with Crippen LogP contribution in [-0.2, 0) is 9.84 Å². The summed E-state index contributed by atoms with van der Waals surface area (Å²) in [6, 6.07) is 10.00. The number of fused-ring (bicyclic) bond motifs is 2. The van der Waals surface area contributed by atoms with Crippen molar-refractivity contribution in [2.45, 2.75) is 16.7 Å². The van der Waals surface area contributed by atoms with Crippen LogP contribution in [0.15, 0.2) is 50.7 Å². The van der Waals surface area contributed by atoms with E-state index in [4.69, 9.17) is 4.74 Å². The minimum absolute atomic E-state index is 0.210. The van der Waals surface area contributed by atoms with E-state index in [0.29, 0.717) is 11.5 Å². The molecule has 0 bridgehead atoms. The summed E-state index contributed by atoms with van der Waals surface area (Å²) in [6.07, 6.45) is 0. The predicted octanol–water partition coefficient (Wildman–Crippen LogP) is 3.70. The van der Waals surface area contributed by atoms with Gasteiger partial charge >= 0.3 is 0 Å². The first-order chi connectivity index (χ1) is 8.48. The third-order valence-electron chi connectivity index (χ3n) is 2.80. The Morgan fingerprint density at radius 2 is 1.61 bits per heavy atom. The van der Waals surface area contributed by atoms with E-state index in [1.54, 1.807) is 36.4 Å². The molecular formula is C13H9BrO3S. The topological polar surface area (TPSA) is 43.4 Å². The molecule has 3 nitrogen and oxygen atoms in total. The predicted molar refractivity (Wildman–Crippen MR) is 70.8 cm³/mol. The van der Waals surface area contributed by atoms with Gasteiger partial charge in [0, 0.05) is 4.47 Å². The smallest absolute Gasteiger partial charge is 0.213 e. The van der Waals surface area contributed by atoms with Gasteiger partial charge in [0.05, 0.1) is 0 Å². The maximum atomic E-state index is 12.4. The minimum Gasteiger partial charge on any atom is -0.455 e. The lowest BCUT2D eigenvalue weighted by Gasteiger charge is -2.20. The van der Waals surface area contributed by atoms with E-state index in [1.165, 1.54) is 0 Å². The third kappa shape index (κ3) is 1.66. The van der Waals surface area contributed by atoms with Crippen LogP contribution < -0.4 is 4.74 Å². The van der Waals surface area contributed by atoms with Gasteiger partial charge in [0.15, 0.2) is 0 Å². The molecule has 0 N–H and O–H groups in total. The van der Waals surface area contributed by atoms with Crippen LogP contribution in [0.1, 0.15) is 5.56 Å². The van der Waals surface area contributed by atoms with Crippen LogP contribution in [0.5, 0.6) is 11.5 Å². The molecule has 0 fully saturated rings. The molecule has 0 amide bonds. The monoisotopic (exact) mass is 324 g/mol. The number of sulfone groups is 1. The first-order valence-corrected chi connectivity index (χ1v) is 7.59. The van der Waals surface area contributed by atoms with E-state index in [-0.39, 0.29) is 9.79 Å². The van der Waals surface area contributed by atoms with Crippen LogP contribution >= 0.6 is 15.9 Å². The van der Waals surface area contributed by atoms with Crippen molar-refractivity contribution in [1.82, 2.24) is 0 Å². The Labute approximate surface area is 113 Å². The molecule has 2 aromatic rings. The SMILES string of the molecule is Cc1ccc2c(c1)Oc1cc(Br)ccc1S2(=O)=O. The van der Waals surface area contributed by atoms with Gasteiger partial charge < -0.3 is 4.74 Å². The zero-order chi connectivity index (χ0) is 12.9. The number of aryl methyl sites for hydroxylation is 1. The Bertz CT molecular complexity index is 693. The number of ether oxygens (including phenoxy) is 1. The number of rotatable bonds is 0. The van der Waals surface area contributed by atoms with Crippen molar-refractivity contribution in [3.05, 3.63) is 46.4 Å². The largest absolute Gasteiger partial charge is 0.455 e. The van der Waals surface area contributed by atoms with E-state index in [2.05, 4.69) is 15.9 Å². The average molecular weight is 325 g/mol. The number of hydrogen-bond acceptors (Lipinski definition) is 3. The van der Waals surface area contributed by atoms with Crippen molar-refractivity contribution >= 4 is 25.8 Å². The molecule has 0 spiro atoms. The Hall–Kier alpha value is -1.33. The Balaban J connectivity index is 2.33. The number of halogens is 1. The zero-order valence-corrected chi connectivity index (χ0v) is 11.9. The van der Waals surface area contributed by atoms with Crippen LogP contribution in [-0.4, -0.2) is 8.42 Å². The lowest BCUT2D eigenvalue weighted by atomic mass is 10.2. The van der Waals surface area contributed by atoms with Crippen molar-refractivity contribution in [2.75, 3.05) is 0 Å². The molecule has 0 aliphatic carbocycles. The van der Waals surface area contributed by atoms with Crippen LogP contribution in [0.4, 0.5) is 0 Å². The van der Waals surface area contributed by atoms with Gasteiger partial charge in [-0.15, -0.1) is 0 Å². The van der Waals surface area contributed by atoms with Gasteiger partial charge in [-0.25, -0.2) is 8.42 Å². The lowest BCUT2D eigenvalue weighted by Crippen LogP contribution is -2.11. The fraction of sp³-hybridized carbons (Fsp3) is 0.0769. The summed E-state index contributed by atoms with van der Waals surface area (Å²) >= 11 is 3.31. The number of hydrogen-bond donors (Lipinski definition) is 0. The molecule has 1 heterocycles. The van der Waals surface area contributed by atoms with E-state index in [1.807, 2.05) is 6.92 Å². The summed E-state index contributed by atoms with van der Waals surface area (Å²) in [4.78, 5) is 0.435. The highest BCUT2D eigenvalue weighted by atomic mass is 79.9. The van der Waals surface area contributed by atoms with E-state index >= 15 is 0 Å². The van der Waals surface area contributed by atoms with Gasteiger partial charge in [-0.05, 0) is 42.8 Å². The molecule has 5 heteroatoms. The molecule has 0 radical (unpaired) electrons. The Morgan fingerprint density at radius 3 is 2.33 bits per heavy atom. The van der Waals surface area contributed by atoms with Crippen molar-refractivity contribution in [2.24, 2.45) is 0 Å². The highest BCUT2D eigenvalue weighted by Crippen LogP contribution is 2.43. The quantitative estimate of drug-likeness (QED) is 0.633. The molecule has 0 saturated heterocycles. The summed E-state index contributed by atoms with van der Waals surface area (Å²) in [6.45, 7) is 1.90. The first kappa shape index (κ1) is 11.7. The molecule has 18 heavy (non-hydrogen) atoms. The molecule has 1 aliphatic heterocycles. The fourth-order valence-corrected chi connectivity index (χ4v) is 3.74. The van der Waals surface area contributed by atoms with Gasteiger partial charge in [0.2, 0.25) is 9.84 Å². The van der Waals surface area contributed by atoms with E-state index in [9.17, 15) is 8.42 Å². The molecule has 0 aromatic heterocycles. The van der Waals surface area contributed by atoms with Crippen LogP contribution in [0, 0.1) is 6.92 Å². The zero-order valence-electron chi connectivity index (χ0n) is 9.48. The minimum atomic E-state index is -3.48. The van der Waals surface area contributed by atoms with Crippen molar-refractivity contribution in [3.8, 4) is 11.5 Å². The summed E-state index contributed by atoms with van der Waals surface area (Å²) in [7, 11) is -3.48. The van der Waals surface area contributed by atoms with Gasteiger partial charge in [0.1, 0.15) is 21.3 Å². The van der Waals surface area contributed by atoms with Gasteiger partial charge in [0.25, 0.3) is 0 Å². The fourth-order valence-electron chi connectivity index (χ4n) is 1.94. The van der Waals surface area contributed by atoms with Crippen molar-refractivity contribution < 1.29 is 13.2 Å². The number of benzene rings is 2. The van der Waals surface area contributed by atoms with Crippen molar-refractivity contribution in [1.29, 1.82) is 0 Å². The summed E-state index contributed by atoms with van der Waals surface area (Å²) in [5, 5.41) is 0. The molecular weight excluding hydrogens is 316 g/mol. The Kier molecular flexibility index (Phi) is 2.50. The highest BCUT2D eigenvalue weighted by Gasteiger charge is 2.31. The third-order valence-corrected chi connectivity index (χ3v) is 5.13. The molecule has 3 rings (SSSR count). The standard InChI is InChI=1S/C13H9BrO3S/c1-8-2-4-12-10(6-8)17-11-7-9(14)3-5-13(11)18(12,15)16/h2-7H,1H3. The normalized spacial score (nSPS) is 15.4. The molecule has 1 aliphatic rings. The van der Waals surface area contributed by atoms with Crippen LogP contribution in [0.2, 0.25) is 0 Å². The maximum absolute atomic E-state index is 12.4. The van der Waals surface area contributed by atoms with E-state index in [0.717, 1.165) is 10.0 Å². The maximum Gasteiger partial charge on any atom is 0.213 e. The summed E-state index contributed by atoms with van der Waals surface area (Å²) in [5.74, 6) is 0.753. The molecule has 0 atom stereocenters. The molecule has 0 saturated carbocycles.